The number of carbonyl (C=O) groups excluding carboxylic acids is 1. The molecule has 2 N–H and O–H groups in total. The Labute approximate surface area is 156 Å². The smallest absolute Gasteiger partial charge is 0.264 e. The van der Waals surface area contributed by atoms with Gasteiger partial charge < -0.3 is 14.8 Å². The predicted octanol–water partition coefficient (Wildman–Crippen LogP) is 4.11. The molecule has 0 bridgehead atoms. The van der Waals surface area contributed by atoms with Crippen LogP contribution in [0.2, 0.25) is 0 Å². The lowest BCUT2D eigenvalue weighted by molar-refractivity contribution is -0.115. The van der Waals surface area contributed by atoms with E-state index in [1.807, 2.05) is 37.3 Å². The number of nitrogens with one attached hydrogen (secondary N) is 2. The van der Waals surface area contributed by atoms with Gasteiger partial charge in [0, 0.05) is 0 Å². The van der Waals surface area contributed by atoms with Gasteiger partial charge in [0.25, 0.3) is 5.91 Å². The molecule has 0 aliphatic carbocycles. The van der Waals surface area contributed by atoms with Crippen LogP contribution in [-0.2, 0) is 11.4 Å². The summed E-state index contributed by atoms with van der Waals surface area (Å²) in [6.07, 6.45) is 1.74. The fourth-order valence-corrected chi connectivity index (χ4v) is 3.14. The van der Waals surface area contributed by atoms with Gasteiger partial charge in [-0.25, -0.2) is 0 Å². The van der Waals surface area contributed by atoms with Crippen LogP contribution in [0.25, 0.3) is 6.08 Å². The minimum Gasteiger partial charge on any atom is -0.490 e. The molecule has 134 valence electrons. The molecule has 0 atom stereocenters. The topological polar surface area (TPSA) is 71.4 Å². The van der Waals surface area contributed by atoms with Crippen LogP contribution in [0.5, 0.6) is 11.5 Å². The van der Waals surface area contributed by atoms with Crippen molar-refractivity contribution in [2.45, 2.75) is 20.5 Å². The van der Waals surface area contributed by atoms with Crippen molar-refractivity contribution in [1.29, 1.82) is 5.41 Å². The van der Waals surface area contributed by atoms with Crippen molar-refractivity contribution in [2.75, 3.05) is 6.61 Å². The molecule has 5 nitrogen and oxygen atoms in total. The highest BCUT2D eigenvalue weighted by molar-refractivity contribution is 8.18. The summed E-state index contributed by atoms with van der Waals surface area (Å²) in [6, 6.07) is 13.7. The molecule has 2 aromatic carbocycles. The monoisotopic (exact) mass is 368 g/mol. The second-order valence-electron chi connectivity index (χ2n) is 5.81. The Balaban J connectivity index is 1.78. The van der Waals surface area contributed by atoms with Gasteiger partial charge in [-0.3, -0.25) is 10.2 Å². The highest BCUT2D eigenvalue weighted by Crippen LogP contribution is 2.32. The van der Waals surface area contributed by atoms with Crippen molar-refractivity contribution in [1.82, 2.24) is 5.32 Å². The molecule has 0 radical (unpaired) electrons. The van der Waals surface area contributed by atoms with E-state index in [1.165, 1.54) is 5.56 Å². The summed E-state index contributed by atoms with van der Waals surface area (Å²) in [6.45, 7) is 4.93. The first kappa shape index (κ1) is 18.1. The number of aryl methyl sites for hydroxylation is 1. The third-order valence-electron chi connectivity index (χ3n) is 3.74. The average Bonchev–Trinajstić information content (AvgIpc) is 2.93. The van der Waals surface area contributed by atoms with Gasteiger partial charge in [-0.05, 0) is 54.9 Å². The zero-order valence-electron chi connectivity index (χ0n) is 14.7. The van der Waals surface area contributed by atoms with E-state index >= 15 is 0 Å². The second kappa shape index (κ2) is 8.10. The Morgan fingerprint density at radius 1 is 1.12 bits per heavy atom. The van der Waals surface area contributed by atoms with Crippen LogP contribution in [0.4, 0.5) is 0 Å². The van der Waals surface area contributed by atoms with Crippen molar-refractivity contribution in [3.8, 4) is 11.5 Å². The summed E-state index contributed by atoms with van der Waals surface area (Å²) in [5.41, 5.74) is 3.12. The van der Waals surface area contributed by atoms with Gasteiger partial charge in [0.15, 0.2) is 16.7 Å². The lowest BCUT2D eigenvalue weighted by atomic mass is 10.1. The summed E-state index contributed by atoms with van der Waals surface area (Å²) in [5, 5.41) is 10.1. The maximum Gasteiger partial charge on any atom is 0.264 e. The van der Waals surface area contributed by atoms with E-state index in [2.05, 4.69) is 24.4 Å². The molecular weight excluding hydrogens is 348 g/mol. The zero-order chi connectivity index (χ0) is 18.5. The van der Waals surface area contributed by atoms with Crippen molar-refractivity contribution in [3.63, 3.8) is 0 Å². The van der Waals surface area contributed by atoms with Crippen molar-refractivity contribution >= 4 is 28.9 Å². The molecule has 1 heterocycles. The van der Waals surface area contributed by atoms with E-state index in [4.69, 9.17) is 14.9 Å². The number of ether oxygens (including phenoxy) is 2. The molecule has 0 unspecified atom stereocenters. The second-order valence-corrected chi connectivity index (χ2v) is 6.86. The molecule has 0 saturated carbocycles. The maximum absolute atomic E-state index is 11.8. The number of amides is 1. The zero-order valence-corrected chi connectivity index (χ0v) is 15.5. The van der Waals surface area contributed by atoms with Gasteiger partial charge in [-0.15, -0.1) is 0 Å². The first-order valence-electron chi connectivity index (χ1n) is 8.30. The molecule has 6 heteroatoms. The molecular formula is C20H20N2O3S. The van der Waals surface area contributed by atoms with Crippen LogP contribution in [-0.4, -0.2) is 17.7 Å². The van der Waals surface area contributed by atoms with Crippen LogP contribution in [0, 0.1) is 12.3 Å². The van der Waals surface area contributed by atoms with E-state index in [-0.39, 0.29) is 11.1 Å². The average molecular weight is 368 g/mol. The first-order chi connectivity index (χ1) is 12.5. The standard InChI is InChI=1S/C20H20N2O3S/c1-3-24-17-10-15(11-18-19(23)22-20(21)26-18)8-9-16(17)25-12-14-6-4-13(2)5-7-14/h4-11H,3,12H2,1-2H3,(H2,21,22,23)/b18-11-. The molecule has 1 fully saturated rings. The third kappa shape index (κ3) is 4.46. The van der Waals surface area contributed by atoms with Crippen molar-refractivity contribution in [2.24, 2.45) is 0 Å². The Morgan fingerprint density at radius 3 is 2.54 bits per heavy atom. The van der Waals surface area contributed by atoms with E-state index < -0.39 is 0 Å². The van der Waals surface area contributed by atoms with Crippen molar-refractivity contribution in [3.05, 3.63) is 64.1 Å². The molecule has 0 spiro atoms. The fraction of sp³-hybridized carbons (Fsp3) is 0.200. The summed E-state index contributed by atoms with van der Waals surface area (Å²) < 4.78 is 11.6. The van der Waals surface area contributed by atoms with Crippen molar-refractivity contribution < 1.29 is 14.3 Å². The number of hydrogen-bond acceptors (Lipinski definition) is 5. The van der Waals surface area contributed by atoms with Crippen LogP contribution < -0.4 is 14.8 Å². The largest absolute Gasteiger partial charge is 0.490 e. The van der Waals surface area contributed by atoms with Crippen LogP contribution in [0.1, 0.15) is 23.6 Å². The van der Waals surface area contributed by atoms with Gasteiger partial charge in [0.05, 0.1) is 11.5 Å². The Morgan fingerprint density at radius 2 is 1.88 bits per heavy atom. The van der Waals surface area contributed by atoms with Gasteiger partial charge in [-0.2, -0.15) is 0 Å². The molecule has 0 aromatic heterocycles. The summed E-state index contributed by atoms with van der Waals surface area (Å²) in [5.74, 6) is 1.04. The molecule has 26 heavy (non-hydrogen) atoms. The molecule has 1 aliphatic heterocycles. The summed E-state index contributed by atoms with van der Waals surface area (Å²) >= 11 is 1.11. The molecule has 1 amide bonds. The van der Waals surface area contributed by atoms with Crippen LogP contribution >= 0.6 is 11.8 Å². The molecule has 3 rings (SSSR count). The van der Waals surface area contributed by atoms with Gasteiger partial charge in [0.2, 0.25) is 0 Å². The van der Waals surface area contributed by atoms with E-state index in [0.717, 1.165) is 22.9 Å². The lowest BCUT2D eigenvalue weighted by Gasteiger charge is -2.13. The van der Waals surface area contributed by atoms with E-state index in [0.29, 0.717) is 29.6 Å². The third-order valence-corrected chi connectivity index (χ3v) is 4.57. The minimum atomic E-state index is -0.252. The normalized spacial score (nSPS) is 15.2. The SMILES string of the molecule is CCOc1cc(/C=C2\SC(=N)NC2=O)ccc1OCc1ccc(C)cc1. The Bertz CT molecular complexity index is 860. The van der Waals surface area contributed by atoms with E-state index in [1.54, 1.807) is 6.08 Å². The molecule has 1 aliphatic rings. The molecule has 1 saturated heterocycles. The maximum atomic E-state index is 11.8. The van der Waals surface area contributed by atoms with Gasteiger partial charge in [0.1, 0.15) is 6.61 Å². The minimum absolute atomic E-state index is 0.143. The lowest BCUT2D eigenvalue weighted by Crippen LogP contribution is -2.18. The number of rotatable bonds is 6. The van der Waals surface area contributed by atoms with Crippen LogP contribution in [0.3, 0.4) is 0 Å². The van der Waals surface area contributed by atoms with E-state index in [9.17, 15) is 4.79 Å². The summed E-state index contributed by atoms with van der Waals surface area (Å²) in [7, 11) is 0. The first-order valence-corrected chi connectivity index (χ1v) is 9.11. The fourth-order valence-electron chi connectivity index (χ4n) is 2.44. The number of carbonyl (C=O) groups is 1. The number of benzene rings is 2. The Kier molecular flexibility index (Phi) is 5.63. The summed E-state index contributed by atoms with van der Waals surface area (Å²) in [4.78, 5) is 12.2. The van der Waals surface area contributed by atoms with Crippen LogP contribution in [0.15, 0.2) is 47.4 Å². The number of hydrogen-bond donors (Lipinski definition) is 2. The quantitative estimate of drug-likeness (QED) is 0.753. The Hall–Kier alpha value is -2.73. The number of amidine groups is 1. The molecule has 2 aromatic rings. The predicted molar refractivity (Wildman–Crippen MR) is 105 cm³/mol. The number of thioether (sulfide) groups is 1. The highest BCUT2D eigenvalue weighted by atomic mass is 32.2. The highest BCUT2D eigenvalue weighted by Gasteiger charge is 2.22. The van der Waals surface area contributed by atoms with Gasteiger partial charge >= 0.3 is 0 Å². The van der Waals surface area contributed by atoms with Gasteiger partial charge in [-0.1, -0.05) is 35.9 Å².